The normalized spacial score (nSPS) is 10.1. The van der Waals surface area contributed by atoms with Crippen LogP contribution in [0.25, 0.3) is 0 Å². The van der Waals surface area contributed by atoms with Gasteiger partial charge in [-0.3, -0.25) is 0 Å². The van der Waals surface area contributed by atoms with Crippen LogP contribution in [-0.4, -0.2) is 73.2 Å². The molecule has 0 saturated carbocycles. The molecule has 0 aromatic carbocycles. The van der Waals surface area contributed by atoms with Crippen LogP contribution < -0.4 is 0 Å². The van der Waals surface area contributed by atoms with Crippen molar-refractivity contribution in [3.05, 3.63) is 0 Å². The largest absolute Gasteiger partial charge is 2.00 e. The van der Waals surface area contributed by atoms with Gasteiger partial charge in [0.1, 0.15) is 12.6 Å². The van der Waals surface area contributed by atoms with Gasteiger partial charge in [-0.15, -0.1) is 0 Å². The van der Waals surface area contributed by atoms with Crippen LogP contribution in [0.2, 0.25) is 0 Å². The maximum absolute atomic E-state index is 9.56. The van der Waals surface area contributed by atoms with Crippen molar-refractivity contribution in [3.8, 4) is 0 Å². The SMILES string of the molecule is CC(O)CO.O=CCCCC=O.[Ca+2].[H-].[H-]. The van der Waals surface area contributed by atoms with Crippen LogP contribution in [0.4, 0.5) is 0 Å². The molecule has 76 valence electrons. The Bertz CT molecular complexity index is 107. The minimum Gasteiger partial charge on any atom is -1.00 e. The predicted octanol–water partition coefficient (Wildman–Crippen LogP) is -0.242. The fourth-order valence-electron chi connectivity index (χ4n) is 0.285. The summed E-state index contributed by atoms with van der Waals surface area (Å²) in [6.45, 7) is 1.39. The molecule has 13 heavy (non-hydrogen) atoms. The number of carbonyl (C=O) groups is 2. The van der Waals surface area contributed by atoms with E-state index in [9.17, 15) is 9.59 Å². The van der Waals surface area contributed by atoms with Crippen molar-refractivity contribution in [1.29, 1.82) is 0 Å². The molecular weight excluding hydrogens is 200 g/mol. The molecule has 0 spiro atoms. The standard InChI is InChI=1S/C5H8O2.C3H8O2.Ca.2H/c6-4-2-1-3-5-7;1-3(5)2-4;;;/h4-5H,1-3H2;3-5H,2H2,1H3;;;/q;;+2;2*-1. The Morgan fingerprint density at radius 1 is 1.31 bits per heavy atom. The summed E-state index contributed by atoms with van der Waals surface area (Å²) in [5.41, 5.74) is 0. The minimum atomic E-state index is -0.560. The molecule has 0 bridgehead atoms. The van der Waals surface area contributed by atoms with Gasteiger partial charge in [-0.05, 0) is 13.3 Å². The maximum Gasteiger partial charge on any atom is 2.00 e. The third kappa shape index (κ3) is 32.6. The monoisotopic (exact) mass is 218 g/mol. The Labute approximate surface area is 111 Å². The molecule has 0 rings (SSSR count). The number of unbranched alkanes of at least 4 members (excludes halogenated alkanes) is 2. The van der Waals surface area contributed by atoms with E-state index in [4.69, 9.17) is 10.2 Å². The molecule has 0 saturated heterocycles. The number of rotatable bonds is 5. The number of aliphatic hydroxyl groups is 2. The van der Waals surface area contributed by atoms with Crippen LogP contribution in [0.5, 0.6) is 0 Å². The first-order valence-electron chi connectivity index (χ1n) is 3.85. The summed E-state index contributed by atoms with van der Waals surface area (Å²) in [6, 6.07) is 0. The second kappa shape index (κ2) is 18.3. The van der Waals surface area contributed by atoms with E-state index >= 15 is 0 Å². The molecule has 0 amide bonds. The van der Waals surface area contributed by atoms with E-state index in [0.717, 1.165) is 12.6 Å². The van der Waals surface area contributed by atoms with Crippen LogP contribution >= 0.6 is 0 Å². The van der Waals surface area contributed by atoms with Crippen LogP contribution in [0, 0.1) is 0 Å². The first kappa shape index (κ1) is 19.1. The van der Waals surface area contributed by atoms with E-state index in [1.807, 2.05) is 0 Å². The molecule has 1 unspecified atom stereocenters. The molecule has 0 heterocycles. The summed E-state index contributed by atoms with van der Waals surface area (Å²) in [5.74, 6) is 0. The van der Waals surface area contributed by atoms with Crippen molar-refractivity contribution < 1.29 is 22.7 Å². The number of aliphatic hydroxyl groups excluding tert-OH is 2. The fraction of sp³-hybridized carbons (Fsp3) is 0.750. The third-order valence-electron chi connectivity index (χ3n) is 0.908. The molecular formula is C8H18CaO4. The molecule has 0 radical (unpaired) electrons. The molecule has 4 nitrogen and oxygen atoms in total. The van der Waals surface area contributed by atoms with Crippen LogP contribution in [0.1, 0.15) is 29.0 Å². The molecule has 5 heteroatoms. The Morgan fingerprint density at radius 2 is 1.62 bits per heavy atom. The van der Waals surface area contributed by atoms with Crippen LogP contribution in [0.3, 0.4) is 0 Å². The second-order valence-electron chi connectivity index (χ2n) is 2.30. The first-order valence-corrected chi connectivity index (χ1v) is 3.85. The molecule has 1 atom stereocenters. The van der Waals surface area contributed by atoms with Gasteiger partial charge in [-0.25, -0.2) is 0 Å². The van der Waals surface area contributed by atoms with Crippen molar-refractivity contribution in [2.45, 2.75) is 32.3 Å². The van der Waals surface area contributed by atoms with Crippen molar-refractivity contribution >= 4 is 50.3 Å². The summed E-state index contributed by atoms with van der Waals surface area (Å²) in [5, 5.41) is 16.0. The Hall–Kier alpha value is 0.520. The smallest absolute Gasteiger partial charge is 1.00 e. The van der Waals surface area contributed by atoms with E-state index in [0.29, 0.717) is 19.3 Å². The zero-order valence-electron chi connectivity index (χ0n) is 9.98. The summed E-state index contributed by atoms with van der Waals surface area (Å²) in [6.07, 6.45) is 2.81. The van der Waals surface area contributed by atoms with E-state index in [-0.39, 0.29) is 47.2 Å². The van der Waals surface area contributed by atoms with Crippen molar-refractivity contribution in [2.24, 2.45) is 0 Å². The predicted molar refractivity (Wildman–Crippen MR) is 52.7 cm³/mol. The number of hydrogen-bond donors (Lipinski definition) is 2. The van der Waals surface area contributed by atoms with Crippen molar-refractivity contribution in [3.63, 3.8) is 0 Å². The van der Waals surface area contributed by atoms with E-state index < -0.39 is 6.10 Å². The Kier molecular flexibility index (Phi) is 27.0. The average Bonchev–Trinajstić information content (AvgIpc) is 2.07. The fourth-order valence-corrected chi connectivity index (χ4v) is 0.285. The van der Waals surface area contributed by atoms with Gasteiger partial charge in [0.05, 0.1) is 12.7 Å². The summed E-state index contributed by atoms with van der Waals surface area (Å²) in [7, 11) is 0. The van der Waals surface area contributed by atoms with Gasteiger partial charge < -0.3 is 22.7 Å². The number of aldehydes is 2. The number of hydrogen-bond acceptors (Lipinski definition) is 4. The molecule has 0 aliphatic rings. The van der Waals surface area contributed by atoms with E-state index in [1.54, 1.807) is 0 Å². The summed E-state index contributed by atoms with van der Waals surface area (Å²) < 4.78 is 0. The minimum absolute atomic E-state index is 0. The molecule has 0 fully saturated rings. The summed E-state index contributed by atoms with van der Waals surface area (Å²) >= 11 is 0. The van der Waals surface area contributed by atoms with E-state index in [2.05, 4.69) is 0 Å². The van der Waals surface area contributed by atoms with Gasteiger partial charge >= 0.3 is 37.7 Å². The maximum atomic E-state index is 9.56. The van der Waals surface area contributed by atoms with Crippen LogP contribution in [-0.2, 0) is 9.59 Å². The quantitative estimate of drug-likeness (QED) is 0.379. The molecule has 0 aliphatic heterocycles. The van der Waals surface area contributed by atoms with Crippen LogP contribution in [0.15, 0.2) is 0 Å². The zero-order chi connectivity index (χ0) is 9.82. The van der Waals surface area contributed by atoms with Gasteiger partial charge in [-0.2, -0.15) is 0 Å². The topological polar surface area (TPSA) is 74.6 Å². The first-order chi connectivity index (χ1) is 5.68. The van der Waals surface area contributed by atoms with Gasteiger partial charge in [0.25, 0.3) is 0 Å². The Balaban J connectivity index is -0.0000000383. The van der Waals surface area contributed by atoms with Crippen molar-refractivity contribution in [1.82, 2.24) is 0 Å². The van der Waals surface area contributed by atoms with Gasteiger partial charge in [0, 0.05) is 12.8 Å². The average molecular weight is 218 g/mol. The van der Waals surface area contributed by atoms with Crippen molar-refractivity contribution in [2.75, 3.05) is 6.61 Å². The van der Waals surface area contributed by atoms with E-state index in [1.165, 1.54) is 6.92 Å². The third-order valence-corrected chi connectivity index (χ3v) is 0.908. The Morgan fingerprint density at radius 3 is 1.77 bits per heavy atom. The molecule has 2 N–H and O–H groups in total. The zero-order valence-corrected chi connectivity index (χ0v) is 10.2. The summed E-state index contributed by atoms with van der Waals surface area (Å²) in [4.78, 5) is 19.1. The number of carbonyl (C=O) groups excluding carboxylic acids is 2. The molecule has 0 aromatic rings. The van der Waals surface area contributed by atoms with Gasteiger partial charge in [-0.1, -0.05) is 0 Å². The van der Waals surface area contributed by atoms with Gasteiger partial charge in [0.2, 0.25) is 0 Å². The second-order valence-corrected chi connectivity index (χ2v) is 2.30. The molecule has 0 aliphatic carbocycles. The molecule has 0 aromatic heterocycles. The van der Waals surface area contributed by atoms with Gasteiger partial charge in [0.15, 0.2) is 0 Å².